The molecule has 0 unspecified atom stereocenters. The van der Waals surface area contributed by atoms with E-state index >= 15 is 0 Å². The summed E-state index contributed by atoms with van der Waals surface area (Å²) in [7, 11) is -0.523. The van der Waals surface area contributed by atoms with Crippen molar-refractivity contribution in [1.29, 1.82) is 0 Å². The van der Waals surface area contributed by atoms with E-state index in [2.05, 4.69) is 22.6 Å². The summed E-state index contributed by atoms with van der Waals surface area (Å²) in [4.78, 5) is 3.02. The van der Waals surface area contributed by atoms with Gasteiger partial charge in [-0.25, -0.2) is 0 Å². The lowest BCUT2D eigenvalue weighted by molar-refractivity contribution is -0.138. The fourth-order valence-corrected chi connectivity index (χ4v) is 6.36. The van der Waals surface area contributed by atoms with Crippen LogP contribution in [0.1, 0.15) is 11.1 Å². The maximum Gasteiger partial charge on any atom is 0.416 e. The van der Waals surface area contributed by atoms with Crippen molar-refractivity contribution in [2.75, 3.05) is 0 Å². The lowest BCUT2D eigenvalue weighted by Gasteiger charge is -2.12. The van der Waals surface area contributed by atoms with Crippen LogP contribution in [0.4, 0.5) is 26.3 Å². The number of ether oxygens (including phenoxy) is 2. The molecule has 0 aliphatic heterocycles. The fourth-order valence-electron chi connectivity index (χ4n) is 3.96. The highest BCUT2D eigenvalue weighted by molar-refractivity contribution is 14.1. The molecule has 0 aliphatic rings. The van der Waals surface area contributed by atoms with E-state index in [1.807, 2.05) is 48.5 Å². The molecule has 0 atom stereocenters. The quantitative estimate of drug-likeness (QED) is 0.0952. The van der Waals surface area contributed by atoms with Crippen molar-refractivity contribution in [3.63, 3.8) is 0 Å². The van der Waals surface area contributed by atoms with Crippen LogP contribution in [0.5, 0.6) is 23.0 Å². The van der Waals surface area contributed by atoms with Crippen LogP contribution in [0.15, 0.2) is 136 Å². The molecule has 42 heavy (non-hydrogen) atoms. The van der Waals surface area contributed by atoms with Gasteiger partial charge in [0.25, 0.3) is 0 Å². The van der Waals surface area contributed by atoms with E-state index in [0.29, 0.717) is 11.5 Å². The standard InChI is InChI=1S/C32H20F6IO2S/c33-31(34,35)21-1-7-24(8-2-21)40-26-11-17-29(18-12-26)42(28-15-5-23(39)6-16-28)30-19-13-27(14-20-30)41-25-9-3-22(4-10-25)32(36,37)38/h1-20H/q+1. The second kappa shape index (κ2) is 12.3. The lowest BCUT2D eigenvalue weighted by atomic mass is 10.2. The second-order valence-electron chi connectivity index (χ2n) is 8.95. The van der Waals surface area contributed by atoms with E-state index in [1.54, 1.807) is 24.3 Å². The highest BCUT2D eigenvalue weighted by Crippen LogP contribution is 2.36. The van der Waals surface area contributed by atoms with Gasteiger partial charge in [-0.3, -0.25) is 0 Å². The van der Waals surface area contributed by atoms with Gasteiger partial charge in [-0.05, 0) is 144 Å². The molecule has 0 amide bonds. The van der Waals surface area contributed by atoms with Gasteiger partial charge in [0.1, 0.15) is 23.0 Å². The Morgan fingerprint density at radius 2 is 0.667 bits per heavy atom. The molecular weight excluding hydrogens is 689 g/mol. The topological polar surface area (TPSA) is 18.5 Å². The van der Waals surface area contributed by atoms with Crippen molar-refractivity contribution in [2.24, 2.45) is 0 Å². The van der Waals surface area contributed by atoms with E-state index in [4.69, 9.17) is 9.47 Å². The maximum absolute atomic E-state index is 12.9. The third-order valence-electron chi connectivity index (χ3n) is 6.00. The van der Waals surface area contributed by atoms with Crippen LogP contribution < -0.4 is 9.47 Å². The van der Waals surface area contributed by atoms with Gasteiger partial charge in [0.2, 0.25) is 0 Å². The number of benzene rings is 5. The van der Waals surface area contributed by atoms with E-state index < -0.39 is 34.4 Å². The van der Waals surface area contributed by atoms with Crippen LogP contribution in [-0.2, 0) is 23.2 Å². The normalized spacial score (nSPS) is 11.9. The third kappa shape index (κ3) is 7.40. The first-order chi connectivity index (χ1) is 20.0. The van der Waals surface area contributed by atoms with E-state index in [0.717, 1.165) is 42.5 Å². The number of hydrogen-bond acceptors (Lipinski definition) is 2. The predicted molar refractivity (Wildman–Crippen MR) is 157 cm³/mol. The van der Waals surface area contributed by atoms with Crippen molar-refractivity contribution in [3.8, 4) is 23.0 Å². The van der Waals surface area contributed by atoms with Crippen LogP contribution in [-0.4, -0.2) is 0 Å². The first-order valence-electron chi connectivity index (χ1n) is 12.4. The molecule has 0 radical (unpaired) electrons. The van der Waals surface area contributed by atoms with Crippen LogP contribution in [0.3, 0.4) is 0 Å². The van der Waals surface area contributed by atoms with Crippen molar-refractivity contribution < 1.29 is 35.8 Å². The summed E-state index contributed by atoms with van der Waals surface area (Å²) in [6.07, 6.45) is -8.84. The maximum atomic E-state index is 12.9. The minimum atomic E-state index is -4.42. The molecule has 10 heteroatoms. The van der Waals surface area contributed by atoms with Crippen LogP contribution >= 0.6 is 22.6 Å². The number of rotatable bonds is 7. The van der Waals surface area contributed by atoms with Gasteiger partial charge in [-0.1, -0.05) is 0 Å². The Kier molecular flexibility index (Phi) is 8.74. The van der Waals surface area contributed by atoms with Gasteiger partial charge < -0.3 is 9.47 Å². The number of halogens is 7. The van der Waals surface area contributed by atoms with Gasteiger partial charge in [-0.15, -0.1) is 0 Å². The molecular formula is C32H20F6IO2S+. The molecule has 0 saturated carbocycles. The van der Waals surface area contributed by atoms with Crippen molar-refractivity contribution in [2.45, 2.75) is 27.0 Å². The smallest absolute Gasteiger partial charge is 0.416 e. The monoisotopic (exact) mass is 709 g/mol. The minimum absolute atomic E-state index is 0.288. The fraction of sp³-hybridized carbons (Fsp3) is 0.0625. The van der Waals surface area contributed by atoms with Gasteiger partial charge in [0.05, 0.1) is 22.0 Å². The van der Waals surface area contributed by atoms with Gasteiger partial charge in [0.15, 0.2) is 14.7 Å². The van der Waals surface area contributed by atoms with Crippen LogP contribution in [0.25, 0.3) is 0 Å². The average Bonchev–Trinajstić information content (AvgIpc) is 2.96. The van der Waals surface area contributed by atoms with Crippen molar-refractivity contribution in [3.05, 3.63) is 136 Å². The molecule has 5 aromatic rings. The number of alkyl halides is 6. The lowest BCUT2D eigenvalue weighted by Crippen LogP contribution is -2.05. The third-order valence-corrected chi connectivity index (χ3v) is 8.95. The van der Waals surface area contributed by atoms with Gasteiger partial charge in [0, 0.05) is 3.57 Å². The largest absolute Gasteiger partial charge is 0.457 e. The Labute approximate surface area is 254 Å². The van der Waals surface area contributed by atoms with E-state index in [-0.39, 0.29) is 11.5 Å². The summed E-state index contributed by atoms with van der Waals surface area (Å²) in [6, 6.07) is 31.8. The molecule has 0 aliphatic carbocycles. The Morgan fingerprint density at radius 1 is 0.405 bits per heavy atom. The summed E-state index contributed by atoms with van der Waals surface area (Å²) in [5, 5.41) is 0. The summed E-state index contributed by atoms with van der Waals surface area (Å²) in [5.41, 5.74) is -1.50. The Morgan fingerprint density at radius 3 is 0.952 bits per heavy atom. The zero-order chi connectivity index (χ0) is 29.9. The predicted octanol–water partition coefficient (Wildman–Crippen LogP) is 11.0. The first-order valence-corrected chi connectivity index (χ1v) is 14.7. The van der Waals surface area contributed by atoms with Gasteiger partial charge in [-0.2, -0.15) is 26.3 Å². The molecule has 0 saturated heterocycles. The molecule has 0 heterocycles. The van der Waals surface area contributed by atoms with Crippen molar-refractivity contribution >= 4 is 33.5 Å². The highest BCUT2D eigenvalue weighted by Gasteiger charge is 2.31. The Balaban J connectivity index is 1.36. The molecule has 0 aromatic heterocycles. The van der Waals surface area contributed by atoms with Crippen LogP contribution in [0.2, 0.25) is 0 Å². The molecule has 0 spiro atoms. The summed E-state index contributed by atoms with van der Waals surface area (Å²) in [6.45, 7) is 0. The average molecular weight is 709 g/mol. The van der Waals surface area contributed by atoms with Crippen LogP contribution in [0, 0.1) is 3.57 Å². The van der Waals surface area contributed by atoms with Gasteiger partial charge >= 0.3 is 12.4 Å². The second-order valence-corrected chi connectivity index (χ2v) is 12.2. The Hall–Kier alpha value is -3.64. The minimum Gasteiger partial charge on any atom is -0.457 e. The summed E-state index contributed by atoms with van der Waals surface area (Å²) >= 11 is 2.24. The van der Waals surface area contributed by atoms with E-state index in [1.165, 1.54) is 24.3 Å². The molecule has 0 fully saturated rings. The summed E-state index contributed by atoms with van der Waals surface area (Å²) in [5.74, 6) is 1.53. The summed E-state index contributed by atoms with van der Waals surface area (Å²) < 4.78 is 89.7. The molecule has 2 nitrogen and oxygen atoms in total. The van der Waals surface area contributed by atoms with E-state index in [9.17, 15) is 26.3 Å². The number of hydrogen-bond donors (Lipinski definition) is 0. The molecule has 5 aromatic carbocycles. The molecule has 214 valence electrons. The molecule has 5 rings (SSSR count). The molecule has 0 bridgehead atoms. The molecule has 0 N–H and O–H groups in total. The SMILES string of the molecule is FC(F)(F)c1ccc(Oc2ccc([S+](c3ccc(I)cc3)c3ccc(Oc4ccc(C(F)(F)F)cc4)cc3)cc2)cc1. The zero-order valence-corrected chi connectivity index (χ0v) is 24.4. The zero-order valence-electron chi connectivity index (χ0n) is 21.4. The first kappa shape index (κ1) is 29.8. The highest BCUT2D eigenvalue weighted by atomic mass is 127. The Bertz CT molecular complexity index is 1510. The van der Waals surface area contributed by atoms with Crippen molar-refractivity contribution in [1.82, 2.24) is 0 Å².